The van der Waals surface area contributed by atoms with Crippen molar-refractivity contribution in [2.24, 2.45) is 5.92 Å². The number of carbonyl (C=O) groups is 4. The highest BCUT2D eigenvalue weighted by Crippen LogP contribution is 2.34. The lowest BCUT2D eigenvalue weighted by molar-refractivity contribution is -0.138. The van der Waals surface area contributed by atoms with Crippen LogP contribution in [0.2, 0.25) is 0 Å². The Morgan fingerprint density at radius 1 is 1.00 bits per heavy atom. The number of aromatic hydroxyl groups is 1. The second-order valence-electron chi connectivity index (χ2n) is 10.5. The van der Waals surface area contributed by atoms with E-state index < -0.39 is 18.0 Å². The molecule has 8 nitrogen and oxygen atoms in total. The van der Waals surface area contributed by atoms with Crippen LogP contribution in [0, 0.1) is 5.92 Å². The van der Waals surface area contributed by atoms with Crippen LogP contribution >= 0.6 is 15.9 Å². The standard InChI is InChI=1S/C29H32BrN3O5/c30-21-8-4-7-20(16-21)27(36)31-23(15-18-9-11-22(34)12-10-18)29(38)32-14-13-24-26(32)25(35)17-33(24)28(37)19-5-2-1-3-6-19/h4,7-12,16,19,23-24,26,34H,1-3,5-6,13-15,17H2,(H,31,36)/t23-,24+,26?/m0/s1. The highest BCUT2D eigenvalue weighted by Gasteiger charge is 2.52. The normalized spacial score (nSPS) is 22.3. The molecule has 2 aromatic carbocycles. The fourth-order valence-electron chi connectivity index (χ4n) is 6.08. The summed E-state index contributed by atoms with van der Waals surface area (Å²) in [6.45, 7) is 0.397. The predicted molar refractivity (Wildman–Crippen MR) is 144 cm³/mol. The highest BCUT2D eigenvalue weighted by atomic mass is 79.9. The van der Waals surface area contributed by atoms with Gasteiger partial charge >= 0.3 is 0 Å². The fraction of sp³-hybridized carbons (Fsp3) is 0.448. The van der Waals surface area contributed by atoms with E-state index in [1.165, 1.54) is 12.1 Å². The van der Waals surface area contributed by atoms with Crippen molar-refractivity contribution in [1.29, 1.82) is 0 Å². The topological polar surface area (TPSA) is 107 Å². The largest absolute Gasteiger partial charge is 0.508 e. The van der Waals surface area contributed by atoms with Gasteiger partial charge in [-0.15, -0.1) is 0 Å². The van der Waals surface area contributed by atoms with Crippen LogP contribution in [0.1, 0.15) is 54.4 Å². The molecule has 3 amide bonds. The molecule has 2 saturated heterocycles. The number of nitrogens with one attached hydrogen (secondary N) is 1. The first-order valence-corrected chi connectivity index (χ1v) is 14.1. The lowest BCUT2D eigenvalue weighted by Crippen LogP contribution is -2.53. The first-order chi connectivity index (χ1) is 18.3. The molecule has 3 atom stereocenters. The van der Waals surface area contributed by atoms with E-state index in [0.29, 0.717) is 18.5 Å². The van der Waals surface area contributed by atoms with E-state index >= 15 is 0 Å². The molecular weight excluding hydrogens is 550 g/mol. The Morgan fingerprint density at radius 2 is 1.74 bits per heavy atom. The number of phenolic OH excluding ortho intramolecular Hbond substituents is 1. The van der Waals surface area contributed by atoms with Crippen LogP contribution in [-0.4, -0.2) is 69.6 Å². The molecule has 0 spiro atoms. The fourth-order valence-corrected chi connectivity index (χ4v) is 6.48. The number of hydrogen-bond acceptors (Lipinski definition) is 5. The minimum absolute atomic E-state index is 0.0354. The summed E-state index contributed by atoms with van der Waals surface area (Å²) in [7, 11) is 0. The molecule has 38 heavy (non-hydrogen) atoms. The molecule has 2 aliphatic heterocycles. The number of benzene rings is 2. The molecular formula is C29H32BrN3O5. The van der Waals surface area contributed by atoms with Crippen LogP contribution < -0.4 is 5.32 Å². The quantitative estimate of drug-likeness (QED) is 0.543. The molecule has 0 aromatic heterocycles. The Hall–Kier alpha value is -3.20. The van der Waals surface area contributed by atoms with Gasteiger partial charge in [0.15, 0.2) is 5.78 Å². The third-order valence-corrected chi connectivity index (χ3v) is 8.50. The first-order valence-electron chi connectivity index (χ1n) is 13.3. The van der Waals surface area contributed by atoms with E-state index in [-0.39, 0.29) is 48.3 Å². The number of likely N-dealkylation sites (tertiary alicyclic amines) is 2. The summed E-state index contributed by atoms with van der Waals surface area (Å²) in [5.41, 5.74) is 1.17. The third kappa shape index (κ3) is 5.48. The second kappa shape index (κ2) is 11.3. The van der Waals surface area contributed by atoms with E-state index in [1.807, 2.05) is 6.07 Å². The zero-order valence-electron chi connectivity index (χ0n) is 21.1. The van der Waals surface area contributed by atoms with Crippen LogP contribution in [0.3, 0.4) is 0 Å². The smallest absolute Gasteiger partial charge is 0.251 e. The molecule has 1 aliphatic carbocycles. The zero-order chi connectivity index (χ0) is 26.8. The minimum Gasteiger partial charge on any atom is -0.508 e. The molecule has 3 aliphatic rings. The molecule has 200 valence electrons. The first kappa shape index (κ1) is 26.4. The SMILES string of the molecule is O=C(N[C@@H](Cc1ccc(O)cc1)C(=O)N1CC[C@@H]2C1C(=O)CN2C(=O)C1CCCCC1)c1cccc(Br)c1. The molecule has 2 heterocycles. The maximum absolute atomic E-state index is 13.9. The molecule has 5 rings (SSSR count). The van der Waals surface area contributed by atoms with Crippen molar-refractivity contribution in [3.05, 3.63) is 64.1 Å². The lowest BCUT2D eigenvalue weighted by Gasteiger charge is -2.30. The molecule has 1 saturated carbocycles. The van der Waals surface area contributed by atoms with Crippen molar-refractivity contribution in [2.45, 2.75) is 63.1 Å². The van der Waals surface area contributed by atoms with E-state index in [2.05, 4.69) is 21.2 Å². The summed E-state index contributed by atoms with van der Waals surface area (Å²) in [4.78, 5) is 56.8. The molecule has 3 fully saturated rings. The van der Waals surface area contributed by atoms with E-state index in [0.717, 1.165) is 42.1 Å². The van der Waals surface area contributed by atoms with Gasteiger partial charge in [-0.1, -0.05) is 53.4 Å². The van der Waals surface area contributed by atoms with Gasteiger partial charge in [0.1, 0.15) is 17.8 Å². The number of amides is 3. The van der Waals surface area contributed by atoms with Crippen LogP contribution in [0.4, 0.5) is 0 Å². The number of nitrogens with zero attached hydrogens (tertiary/aromatic N) is 2. The van der Waals surface area contributed by atoms with Gasteiger partial charge in [0.25, 0.3) is 5.91 Å². The van der Waals surface area contributed by atoms with Crippen molar-refractivity contribution < 1.29 is 24.3 Å². The summed E-state index contributed by atoms with van der Waals surface area (Å²) in [5, 5.41) is 12.5. The Labute approximate surface area is 230 Å². The Balaban J connectivity index is 1.35. The van der Waals surface area contributed by atoms with Crippen LogP contribution in [0.5, 0.6) is 5.75 Å². The Kier molecular flexibility index (Phi) is 7.83. The number of ketones is 1. The summed E-state index contributed by atoms with van der Waals surface area (Å²) < 4.78 is 0.744. The average Bonchev–Trinajstić information content (AvgIpc) is 3.50. The number of Topliss-reactive ketones (excluding diaryl/α,β-unsaturated/α-hetero) is 1. The van der Waals surface area contributed by atoms with Gasteiger partial charge in [-0.05, 0) is 55.2 Å². The van der Waals surface area contributed by atoms with Crippen LogP contribution in [-0.2, 0) is 20.8 Å². The molecule has 0 bridgehead atoms. The molecule has 0 radical (unpaired) electrons. The maximum atomic E-state index is 13.9. The highest BCUT2D eigenvalue weighted by molar-refractivity contribution is 9.10. The number of carbonyl (C=O) groups excluding carboxylic acids is 4. The van der Waals surface area contributed by atoms with Gasteiger partial charge in [0.2, 0.25) is 11.8 Å². The van der Waals surface area contributed by atoms with Gasteiger partial charge < -0.3 is 20.2 Å². The summed E-state index contributed by atoms with van der Waals surface area (Å²) in [6, 6.07) is 11.5. The van der Waals surface area contributed by atoms with Crippen LogP contribution in [0.15, 0.2) is 53.0 Å². The molecule has 2 aromatic rings. The van der Waals surface area contributed by atoms with Crippen molar-refractivity contribution in [1.82, 2.24) is 15.1 Å². The Morgan fingerprint density at radius 3 is 2.45 bits per heavy atom. The summed E-state index contributed by atoms with van der Waals surface area (Å²) >= 11 is 3.37. The lowest BCUT2D eigenvalue weighted by atomic mass is 9.88. The van der Waals surface area contributed by atoms with E-state index in [4.69, 9.17) is 0 Å². The van der Waals surface area contributed by atoms with Gasteiger partial charge in [0.05, 0.1) is 12.6 Å². The van der Waals surface area contributed by atoms with Crippen molar-refractivity contribution in [2.75, 3.05) is 13.1 Å². The number of rotatable bonds is 6. The summed E-state index contributed by atoms with van der Waals surface area (Å²) in [5.74, 6) is -0.737. The monoisotopic (exact) mass is 581 g/mol. The van der Waals surface area contributed by atoms with Crippen molar-refractivity contribution >= 4 is 39.4 Å². The minimum atomic E-state index is -0.916. The van der Waals surface area contributed by atoms with E-state index in [1.54, 1.807) is 40.1 Å². The zero-order valence-corrected chi connectivity index (χ0v) is 22.7. The molecule has 9 heteroatoms. The van der Waals surface area contributed by atoms with Crippen molar-refractivity contribution in [3.8, 4) is 5.75 Å². The summed E-state index contributed by atoms with van der Waals surface area (Å²) in [6.07, 6.45) is 5.68. The van der Waals surface area contributed by atoms with Gasteiger partial charge in [0, 0.05) is 28.9 Å². The van der Waals surface area contributed by atoms with Gasteiger partial charge in [-0.3, -0.25) is 19.2 Å². The predicted octanol–water partition coefficient (Wildman–Crippen LogP) is 3.46. The maximum Gasteiger partial charge on any atom is 0.251 e. The number of halogens is 1. The van der Waals surface area contributed by atoms with Crippen LogP contribution in [0.25, 0.3) is 0 Å². The van der Waals surface area contributed by atoms with E-state index in [9.17, 15) is 24.3 Å². The number of hydrogen-bond donors (Lipinski definition) is 2. The molecule has 2 N–H and O–H groups in total. The number of fused-ring (bicyclic) bond motifs is 1. The molecule has 1 unspecified atom stereocenters. The van der Waals surface area contributed by atoms with Gasteiger partial charge in [-0.25, -0.2) is 0 Å². The Bertz CT molecular complexity index is 1230. The average molecular weight is 582 g/mol. The van der Waals surface area contributed by atoms with Crippen molar-refractivity contribution in [3.63, 3.8) is 0 Å². The van der Waals surface area contributed by atoms with Gasteiger partial charge in [-0.2, -0.15) is 0 Å². The number of phenols is 1. The third-order valence-electron chi connectivity index (χ3n) is 8.01. The second-order valence-corrected chi connectivity index (χ2v) is 11.4.